The number of carbonyl (C=O) groups excluding carboxylic acids is 1. The molecule has 1 aromatic heterocycles. The summed E-state index contributed by atoms with van der Waals surface area (Å²) in [7, 11) is -3.27. The zero-order valence-corrected chi connectivity index (χ0v) is 15.0. The van der Waals surface area contributed by atoms with Gasteiger partial charge in [0.05, 0.1) is 23.2 Å². The lowest BCUT2D eigenvalue weighted by Gasteiger charge is -2.23. The molecule has 4 rings (SSSR count). The van der Waals surface area contributed by atoms with Gasteiger partial charge < -0.3 is 9.88 Å². The molecule has 2 atom stereocenters. The average molecular weight is 360 g/mol. The Morgan fingerprint density at radius 2 is 1.96 bits per heavy atom. The lowest BCUT2D eigenvalue weighted by molar-refractivity contribution is -0.123. The van der Waals surface area contributed by atoms with Crippen LogP contribution in [-0.2, 0) is 14.8 Å². The van der Waals surface area contributed by atoms with E-state index in [1.807, 2.05) is 42.7 Å². The van der Waals surface area contributed by atoms with Crippen LogP contribution in [0.1, 0.15) is 17.8 Å². The molecule has 25 heavy (non-hydrogen) atoms. The number of nitrogens with zero attached hydrogens (tertiary/aromatic N) is 3. The molecule has 132 valence electrons. The van der Waals surface area contributed by atoms with Gasteiger partial charge in [-0.3, -0.25) is 4.79 Å². The Morgan fingerprint density at radius 3 is 2.48 bits per heavy atom. The summed E-state index contributed by atoms with van der Waals surface area (Å²) in [4.78, 5) is 17.0. The Kier molecular flexibility index (Phi) is 3.52. The number of anilines is 1. The molecule has 1 N–H and O–H groups in total. The fourth-order valence-electron chi connectivity index (χ4n) is 3.61. The number of sulfonamides is 1. The average Bonchev–Trinajstić information content (AvgIpc) is 3.21. The monoisotopic (exact) mass is 360 g/mol. The lowest BCUT2D eigenvalue weighted by atomic mass is 9.88. The Labute approximate surface area is 146 Å². The summed E-state index contributed by atoms with van der Waals surface area (Å²) < 4.78 is 27.3. The minimum atomic E-state index is -3.27. The molecule has 3 heterocycles. The second-order valence-corrected chi connectivity index (χ2v) is 8.88. The smallest absolute Gasteiger partial charge is 0.233 e. The van der Waals surface area contributed by atoms with Crippen molar-refractivity contribution >= 4 is 21.6 Å². The van der Waals surface area contributed by atoms with Crippen LogP contribution in [-0.4, -0.2) is 47.0 Å². The van der Waals surface area contributed by atoms with Crippen molar-refractivity contribution in [2.75, 3.05) is 24.2 Å². The molecule has 2 unspecified atom stereocenters. The molecule has 0 saturated carbocycles. The maximum atomic E-state index is 12.7. The maximum Gasteiger partial charge on any atom is 0.233 e. The van der Waals surface area contributed by atoms with Gasteiger partial charge in [0.15, 0.2) is 0 Å². The van der Waals surface area contributed by atoms with E-state index in [1.54, 1.807) is 6.33 Å². The molecule has 0 spiro atoms. The van der Waals surface area contributed by atoms with Crippen molar-refractivity contribution in [2.45, 2.75) is 20.3 Å². The van der Waals surface area contributed by atoms with Crippen molar-refractivity contribution < 1.29 is 13.2 Å². The molecule has 0 aliphatic carbocycles. The van der Waals surface area contributed by atoms with E-state index in [0.717, 1.165) is 17.1 Å². The van der Waals surface area contributed by atoms with Gasteiger partial charge in [-0.1, -0.05) is 0 Å². The topological polar surface area (TPSA) is 84.3 Å². The molecular weight excluding hydrogens is 340 g/mol. The second kappa shape index (κ2) is 5.40. The van der Waals surface area contributed by atoms with E-state index in [2.05, 4.69) is 10.3 Å². The first-order chi connectivity index (χ1) is 11.8. The van der Waals surface area contributed by atoms with Crippen molar-refractivity contribution in [1.29, 1.82) is 0 Å². The van der Waals surface area contributed by atoms with Crippen LogP contribution < -0.4 is 5.32 Å². The van der Waals surface area contributed by atoms with Crippen LogP contribution >= 0.6 is 0 Å². The molecule has 0 radical (unpaired) electrons. The van der Waals surface area contributed by atoms with Crippen molar-refractivity contribution in [1.82, 2.24) is 13.9 Å². The molecule has 2 aliphatic heterocycles. The number of rotatable bonds is 3. The van der Waals surface area contributed by atoms with E-state index in [4.69, 9.17) is 0 Å². The molecule has 2 aliphatic rings. The van der Waals surface area contributed by atoms with E-state index in [1.165, 1.54) is 4.31 Å². The van der Waals surface area contributed by atoms with Crippen molar-refractivity contribution in [3.63, 3.8) is 0 Å². The van der Waals surface area contributed by atoms with Gasteiger partial charge in [0.1, 0.15) is 0 Å². The zero-order valence-electron chi connectivity index (χ0n) is 14.2. The van der Waals surface area contributed by atoms with Crippen LogP contribution in [0, 0.1) is 19.3 Å². The van der Waals surface area contributed by atoms with Gasteiger partial charge in [0.2, 0.25) is 15.9 Å². The first kappa shape index (κ1) is 16.3. The quantitative estimate of drug-likeness (QED) is 0.898. The largest absolute Gasteiger partial charge is 0.326 e. The molecule has 2 bridgehead atoms. The van der Waals surface area contributed by atoms with Crippen LogP contribution in [0.2, 0.25) is 0 Å². The van der Waals surface area contributed by atoms with Crippen LogP contribution in [0.25, 0.3) is 5.69 Å². The van der Waals surface area contributed by atoms with Crippen LogP contribution in [0.4, 0.5) is 5.69 Å². The van der Waals surface area contributed by atoms with Gasteiger partial charge in [-0.05, 0) is 44.5 Å². The summed E-state index contributed by atoms with van der Waals surface area (Å²) in [6.07, 6.45) is 2.36. The number of fused-ring (bicyclic) bond motifs is 2. The van der Waals surface area contributed by atoms with Gasteiger partial charge >= 0.3 is 0 Å². The third-order valence-corrected chi connectivity index (χ3v) is 7.32. The summed E-state index contributed by atoms with van der Waals surface area (Å²) in [6.45, 7) is 4.70. The predicted octanol–water partition coefficient (Wildman–Crippen LogP) is 1.46. The van der Waals surface area contributed by atoms with E-state index in [9.17, 15) is 13.2 Å². The molecule has 2 aromatic rings. The van der Waals surface area contributed by atoms with Gasteiger partial charge in [-0.15, -0.1) is 0 Å². The number of carbonyl (C=O) groups is 1. The summed E-state index contributed by atoms with van der Waals surface area (Å²) in [5.74, 6) is -0.296. The predicted molar refractivity (Wildman–Crippen MR) is 94.1 cm³/mol. The van der Waals surface area contributed by atoms with Gasteiger partial charge in [0.25, 0.3) is 0 Å². The SMILES string of the molecule is Cc1ncn(-c2ccc(NC(=O)C34CCN(C3)S(=O)(=O)C4)cc2)c1C. The first-order valence-corrected chi connectivity index (χ1v) is 9.82. The molecular formula is C17H20N4O3S. The van der Waals surface area contributed by atoms with Gasteiger partial charge in [0, 0.05) is 30.2 Å². The van der Waals surface area contributed by atoms with Crippen molar-refractivity contribution in [3.05, 3.63) is 42.0 Å². The van der Waals surface area contributed by atoms with E-state index >= 15 is 0 Å². The molecule has 7 nitrogen and oxygen atoms in total. The molecule has 2 saturated heterocycles. The molecule has 8 heteroatoms. The summed E-state index contributed by atoms with van der Waals surface area (Å²) in [6, 6.07) is 7.48. The molecule has 1 aromatic carbocycles. The van der Waals surface area contributed by atoms with E-state index in [-0.39, 0.29) is 11.7 Å². The fourth-order valence-corrected chi connectivity index (χ4v) is 5.67. The number of aromatic nitrogens is 2. The van der Waals surface area contributed by atoms with Crippen molar-refractivity contribution in [2.24, 2.45) is 5.41 Å². The summed E-state index contributed by atoms with van der Waals surface area (Å²) in [5, 5.41) is 2.88. The number of imidazole rings is 1. The second-order valence-electron chi connectivity index (χ2n) is 6.91. The third-order valence-electron chi connectivity index (χ3n) is 5.31. The summed E-state index contributed by atoms with van der Waals surface area (Å²) >= 11 is 0. The van der Waals surface area contributed by atoms with Crippen LogP contribution in [0.3, 0.4) is 0 Å². The van der Waals surface area contributed by atoms with Crippen molar-refractivity contribution in [3.8, 4) is 5.69 Å². The Hall–Kier alpha value is -2.19. The minimum Gasteiger partial charge on any atom is -0.326 e. The Bertz CT molecular complexity index is 949. The molecule has 2 fully saturated rings. The highest BCUT2D eigenvalue weighted by Gasteiger charge is 2.57. The van der Waals surface area contributed by atoms with E-state index < -0.39 is 15.4 Å². The third kappa shape index (κ3) is 2.56. The highest BCUT2D eigenvalue weighted by atomic mass is 32.2. The number of hydrogen-bond donors (Lipinski definition) is 1. The number of hydrogen-bond acceptors (Lipinski definition) is 4. The Morgan fingerprint density at radius 1 is 1.24 bits per heavy atom. The maximum absolute atomic E-state index is 12.7. The number of benzene rings is 1. The lowest BCUT2D eigenvalue weighted by Crippen LogP contribution is -2.39. The fraction of sp³-hybridized carbons (Fsp3) is 0.412. The van der Waals surface area contributed by atoms with Crippen LogP contribution in [0.5, 0.6) is 0 Å². The Balaban J connectivity index is 1.52. The van der Waals surface area contributed by atoms with Crippen LogP contribution in [0.15, 0.2) is 30.6 Å². The summed E-state index contributed by atoms with van der Waals surface area (Å²) in [5.41, 5.74) is 2.86. The first-order valence-electron chi connectivity index (χ1n) is 8.21. The number of nitrogens with one attached hydrogen (secondary N) is 1. The highest BCUT2D eigenvalue weighted by molar-refractivity contribution is 7.89. The normalized spacial score (nSPS) is 26.7. The minimum absolute atomic E-state index is 0.0859. The standard InChI is InChI=1S/C17H20N4O3S/c1-12-13(2)21(11-18-12)15-5-3-14(4-6-15)19-16(22)17-7-8-20(9-17)25(23,24)10-17/h3-6,11H,7-10H2,1-2H3,(H,19,22). The highest BCUT2D eigenvalue weighted by Crippen LogP contribution is 2.41. The van der Waals surface area contributed by atoms with Gasteiger partial charge in [-0.2, -0.15) is 0 Å². The number of amides is 1. The molecule has 1 amide bonds. The zero-order chi connectivity index (χ0) is 17.8. The van der Waals surface area contributed by atoms with E-state index in [0.29, 0.717) is 25.2 Å². The number of aryl methyl sites for hydroxylation is 1. The van der Waals surface area contributed by atoms with Gasteiger partial charge in [-0.25, -0.2) is 17.7 Å².